The summed E-state index contributed by atoms with van der Waals surface area (Å²) in [6, 6.07) is 18.6. The van der Waals surface area contributed by atoms with E-state index >= 15 is 0 Å². The summed E-state index contributed by atoms with van der Waals surface area (Å²) in [7, 11) is 0. The minimum atomic E-state index is -0.0875. The van der Waals surface area contributed by atoms with Gasteiger partial charge in [0.2, 0.25) is 0 Å². The molecular formula is C18H18BrN3O. The third-order valence-corrected chi connectivity index (χ3v) is 5.14. The molecule has 2 saturated heterocycles. The minimum Gasteiger partial charge on any atom is -0.271 e. The van der Waals surface area contributed by atoms with Crippen molar-refractivity contribution < 1.29 is 4.79 Å². The molecule has 2 amide bonds. The highest BCUT2D eigenvalue weighted by Crippen LogP contribution is 2.42. The summed E-state index contributed by atoms with van der Waals surface area (Å²) in [5.41, 5.74) is 2.06. The van der Waals surface area contributed by atoms with Gasteiger partial charge in [-0.25, -0.2) is 4.79 Å². The third-order valence-electron chi connectivity index (χ3n) is 4.61. The fraction of sp³-hybridized carbons (Fsp3) is 0.278. The van der Waals surface area contributed by atoms with Crippen molar-refractivity contribution in [3.63, 3.8) is 0 Å². The van der Waals surface area contributed by atoms with E-state index in [-0.39, 0.29) is 12.2 Å². The summed E-state index contributed by atoms with van der Waals surface area (Å²) in [4.78, 5) is 14.9. The second-order valence-corrected chi connectivity index (χ2v) is 6.97. The molecule has 0 saturated carbocycles. The maximum Gasteiger partial charge on any atom is 0.340 e. The van der Waals surface area contributed by atoms with Gasteiger partial charge in [0, 0.05) is 22.7 Å². The first-order valence-electron chi connectivity index (χ1n) is 7.86. The van der Waals surface area contributed by atoms with Crippen molar-refractivity contribution in [2.75, 3.05) is 11.4 Å². The van der Waals surface area contributed by atoms with Gasteiger partial charge in [-0.05, 0) is 43.2 Å². The fourth-order valence-electron chi connectivity index (χ4n) is 3.49. The number of amides is 2. The number of nitrogens with zero attached hydrogens (tertiary/aromatic N) is 3. The predicted molar refractivity (Wildman–Crippen MR) is 93.8 cm³/mol. The summed E-state index contributed by atoms with van der Waals surface area (Å²) in [5, 5.41) is 4.11. The van der Waals surface area contributed by atoms with Gasteiger partial charge in [0.15, 0.2) is 0 Å². The van der Waals surface area contributed by atoms with Crippen LogP contribution in [0, 0.1) is 0 Å². The lowest BCUT2D eigenvalue weighted by molar-refractivity contribution is 0.0420. The second kappa shape index (κ2) is 5.65. The number of carbonyl (C=O) groups is 1. The predicted octanol–water partition coefficient (Wildman–Crippen LogP) is 4.40. The zero-order valence-corrected chi connectivity index (χ0v) is 14.5. The van der Waals surface area contributed by atoms with E-state index < -0.39 is 0 Å². The van der Waals surface area contributed by atoms with E-state index in [1.165, 1.54) is 0 Å². The second-order valence-electron chi connectivity index (χ2n) is 6.05. The maximum atomic E-state index is 13.0. The van der Waals surface area contributed by atoms with E-state index in [4.69, 9.17) is 0 Å². The Morgan fingerprint density at radius 2 is 1.74 bits per heavy atom. The van der Waals surface area contributed by atoms with E-state index in [1.807, 2.05) is 52.4 Å². The topological polar surface area (TPSA) is 26.8 Å². The van der Waals surface area contributed by atoms with Crippen LogP contribution in [0.25, 0.3) is 0 Å². The van der Waals surface area contributed by atoms with Gasteiger partial charge >= 0.3 is 6.03 Å². The van der Waals surface area contributed by atoms with E-state index in [0.717, 1.165) is 28.7 Å². The molecule has 0 aromatic heterocycles. The zero-order chi connectivity index (χ0) is 16.0. The van der Waals surface area contributed by atoms with Gasteiger partial charge in [-0.3, -0.25) is 9.91 Å². The Morgan fingerprint density at radius 1 is 1.04 bits per heavy atom. The number of carbonyl (C=O) groups excluding carboxylic acids is 1. The minimum absolute atomic E-state index is 0.0634. The van der Waals surface area contributed by atoms with Crippen LogP contribution in [0.2, 0.25) is 0 Å². The quantitative estimate of drug-likeness (QED) is 0.781. The molecule has 0 aliphatic carbocycles. The van der Waals surface area contributed by atoms with Crippen molar-refractivity contribution in [3.05, 3.63) is 64.6 Å². The Balaban J connectivity index is 1.82. The number of hydrogen-bond acceptors (Lipinski definition) is 2. The van der Waals surface area contributed by atoms with Crippen LogP contribution in [0.1, 0.15) is 25.1 Å². The number of para-hydroxylation sites is 1. The smallest absolute Gasteiger partial charge is 0.271 e. The third kappa shape index (κ3) is 2.35. The molecule has 0 radical (unpaired) electrons. The molecule has 2 aliphatic heterocycles. The van der Waals surface area contributed by atoms with Crippen LogP contribution in [-0.2, 0) is 0 Å². The number of hydrazine groups is 1. The summed E-state index contributed by atoms with van der Waals surface area (Å²) in [6.45, 7) is 2.98. The molecule has 4 rings (SSSR count). The first-order chi connectivity index (χ1) is 11.2. The molecule has 118 valence electrons. The fourth-order valence-corrected chi connectivity index (χ4v) is 3.75. The van der Waals surface area contributed by atoms with Crippen LogP contribution >= 0.6 is 15.9 Å². The van der Waals surface area contributed by atoms with Crippen LogP contribution < -0.4 is 4.90 Å². The molecule has 2 aromatic carbocycles. The Bertz CT molecular complexity index is 719. The largest absolute Gasteiger partial charge is 0.340 e. The average Bonchev–Trinajstić information content (AvgIpc) is 3.08. The van der Waals surface area contributed by atoms with E-state index in [2.05, 4.69) is 40.0 Å². The number of rotatable bonds is 2. The van der Waals surface area contributed by atoms with Crippen molar-refractivity contribution in [2.24, 2.45) is 0 Å². The van der Waals surface area contributed by atoms with Crippen LogP contribution in [0.3, 0.4) is 0 Å². The number of urea groups is 1. The molecule has 2 atom stereocenters. The van der Waals surface area contributed by atoms with Crippen LogP contribution in [0.4, 0.5) is 10.5 Å². The van der Waals surface area contributed by atoms with E-state index in [9.17, 15) is 4.79 Å². The van der Waals surface area contributed by atoms with Gasteiger partial charge in [-0.2, -0.15) is 5.01 Å². The number of halogens is 1. The normalized spacial score (nSPS) is 24.3. The monoisotopic (exact) mass is 371 g/mol. The highest BCUT2D eigenvalue weighted by Gasteiger charge is 2.50. The van der Waals surface area contributed by atoms with Gasteiger partial charge in [-0.15, -0.1) is 0 Å². The van der Waals surface area contributed by atoms with Gasteiger partial charge in [0.1, 0.15) is 6.17 Å². The van der Waals surface area contributed by atoms with Gasteiger partial charge in [0.05, 0.1) is 0 Å². The first kappa shape index (κ1) is 14.7. The molecule has 23 heavy (non-hydrogen) atoms. The summed E-state index contributed by atoms with van der Waals surface area (Å²) >= 11 is 3.49. The number of anilines is 1. The lowest BCUT2D eigenvalue weighted by atomic mass is 10.1. The zero-order valence-electron chi connectivity index (χ0n) is 12.9. The van der Waals surface area contributed by atoms with Gasteiger partial charge < -0.3 is 0 Å². The highest BCUT2D eigenvalue weighted by molar-refractivity contribution is 9.10. The SMILES string of the molecule is C[C@H]1CCN2C(=O)N(c3ccccc3)[C@@H](c3ccc(Br)cc3)N12. The standard InChI is InChI=1S/C18H18BrN3O/c1-13-11-12-20-18(23)21(16-5-3-2-4-6-16)17(22(13)20)14-7-9-15(19)10-8-14/h2-10,13,17H,11-12H2,1H3/t13-,17+/m0/s1. The van der Waals surface area contributed by atoms with Gasteiger partial charge in [-0.1, -0.05) is 46.3 Å². The van der Waals surface area contributed by atoms with Crippen molar-refractivity contribution in [2.45, 2.75) is 25.6 Å². The van der Waals surface area contributed by atoms with Crippen LogP contribution in [0.5, 0.6) is 0 Å². The molecule has 2 fully saturated rings. The molecular weight excluding hydrogens is 354 g/mol. The van der Waals surface area contributed by atoms with Crippen molar-refractivity contribution in [1.82, 2.24) is 10.0 Å². The summed E-state index contributed by atoms with van der Waals surface area (Å²) < 4.78 is 1.04. The molecule has 0 unspecified atom stereocenters. The molecule has 4 nitrogen and oxygen atoms in total. The molecule has 5 heteroatoms. The summed E-state index contributed by atoms with van der Waals surface area (Å²) in [5.74, 6) is 0. The van der Waals surface area contributed by atoms with Crippen LogP contribution in [0.15, 0.2) is 59.1 Å². The first-order valence-corrected chi connectivity index (χ1v) is 8.65. The van der Waals surface area contributed by atoms with Gasteiger partial charge in [0.25, 0.3) is 0 Å². The molecule has 0 spiro atoms. The van der Waals surface area contributed by atoms with Crippen LogP contribution in [-0.4, -0.2) is 28.6 Å². The molecule has 2 heterocycles. The molecule has 0 bridgehead atoms. The molecule has 2 aromatic rings. The highest BCUT2D eigenvalue weighted by atomic mass is 79.9. The van der Waals surface area contributed by atoms with Crippen molar-refractivity contribution >= 4 is 27.6 Å². The molecule has 0 N–H and O–H groups in total. The Morgan fingerprint density at radius 3 is 2.43 bits per heavy atom. The Labute approximate surface area is 144 Å². The Kier molecular flexibility index (Phi) is 3.62. The number of benzene rings is 2. The van der Waals surface area contributed by atoms with Crippen molar-refractivity contribution in [1.29, 1.82) is 0 Å². The average molecular weight is 372 g/mol. The van der Waals surface area contributed by atoms with E-state index in [0.29, 0.717) is 6.04 Å². The van der Waals surface area contributed by atoms with Crippen molar-refractivity contribution in [3.8, 4) is 0 Å². The lowest BCUT2D eigenvalue weighted by Crippen LogP contribution is -2.36. The summed E-state index contributed by atoms with van der Waals surface area (Å²) in [6.07, 6.45) is 0.928. The number of hydrogen-bond donors (Lipinski definition) is 0. The Hall–Kier alpha value is -1.85. The van der Waals surface area contributed by atoms with E-state index in [1.54, 1.807) is 0 Å². The number of fused-ring (bicyclic) bond motifs is 1. The lowest BCUT2D eigenvalue weighted by Gasteiger charge is -2.31. The molecule has 2 aliphatic rings. The maximum absolute atomic E-state index is 13.0.